The van der Waals surface area contributed by atoms with Gasteiger partial charge in [-0.2, -0.15) is 0 Å². The summed E-state index contributed by atoms with van der Waals surface area (Å²) < 4.78 is 0. The summed E-state index contributed by atoms with van der Waals surface area (Å²) in [5.74, 6) is 0.147. The van der Waals surface area contributed by atoms with Crippen molar-refractivity contribution in [2.75, 3.05) is 26.7 Å². The zero-order valence-electron chi connectivity index (χ0n) is 7.86. The van der Waals surface area contributed by atoms with E-state index in [0.29, 0.717) is 13.0 Å². The van der Waals surface area contributed by atoms with Gasteiger partial charge in [0.05, 0.1) is 12.5 Å². The van der Waals surface area contributed by atoms with Gasteiger partial charge in [-0.15, -0.1) is 0 Å². The zero-order chi connectivity index (χ0) is 9.84. The maximum absolute atomic E-state index is 11.1. The molecule has 0 aromatic carbocycles. The number of likely N-dealkylation sites (N-methyl/N-ethyl adjacent to an activating group) is 1. The van der Waals surface area contributed by atoms with Crippen LogP contribution in [-0.4, -0.2) is 43.3 Å². The minimum absolute atomic E-state index is 0.308. The molecule has 0 aromatic rings. The molecule has 1 aliphatic rings. The van der Waals surface area contributed by atoms with Crippen LogP contribution in [0.15, 0.2) is 4.99 Å². The Morgan fingerprint density at radius 1 is 1.77 bits per heavy atom. The Morgan fingerprint density at radius 3 is 2.85 bits per heavy atom. The summed E-state index contributed by atoms with van der Waals surface area (Å²) in [6.45, 7) is 2.07. The van der Waals surface area contributed by atoms with Gasteiger partial charge in [0, 0.05) is 13.6 Å². The van der Waals surface area contributed by atoms with Gasteiger partial charge in [-0.25, -0.2) is 0 Å². The molecule has 5 nitrogen and oxygen atoms in total. The molecule has 0 fully saturated rings. The van der Waals surface area contributed by atoms with Crippen molar-refractivity contribution in [2.45, 2.75) is 6.42 Å². The lowest BCUT2D eigenvalue weighted by molar-refractivity contribution is -0.120. The number of amides is 1. The standard InChI is InChI=1S/C8H16N4O/c1-12-5-4-11-8(12)6(2-3-9)7(10)13/h6H,2-5,9H2,1H3,(H2,10,13). The molecule has 0 radical (unpaired) electrons. The second-order valence-electron chi connectivity index (χ2n) is 3.19. The highest BCUT2D eigenvalue weighted by Crippen LogP contribution is 2.11. The molecule has 0 spiro atoms. The zero-order valence-corrected chi connectivity index (χ0v) is 7.86. The number of nitrogens with zero attached hydrogens (tertiary/aromatic N) is 2. The Kier molecular flexibility index (Phi) is 3.25. The minimum Gasteiger partial charge on any atom is -0.369 e. The van der Waals surface area contributed by atoms with Gasteiger partial charge in [-0.1, -0.05) is 0 Å². The molecule has 13 heavy (non-hydrogen) atoms. The molecule has 1 heterocycles. The van der Waals surface area contributed by atoms with Gasteiger partial charge in [-0.3, -0.25) is 9.79 Å². The Bertz CT molecular complexity index is 226. The van der Waals surface area contributed by atoms with Crippen LogP contribution in [0.2, 0.25) is 0 Å². The summed E-state index contributed by atoms with van der Waals surface area (Å²) in [6.07, 6.45) is 0.582. The smallest absolute Gasteiger partial charge is 0.228 e. The average Bonchev–Trinajstić information content (AvgIpc) is 2.47. The van der Waals surface area contributed by atoms with Gasteiger partial charge in [0.2, 0.25) is 5.91 Å². The first kappa shape index (κ1) is 9.98. The second-order valence-corrected chi connectivity index (χ2v) is 3.19. The van der Waals surface area contributed by atoms with Gasteiger partial charge < -0.3 is 16.4 Å². The number of nitrogens with two attached hydrogens (primary N) is 2. The van der Waals surface area contributed by atoms with E-state index in [1.165, 1.54) is 0 Å². The van der Waals surface area contributed by atoms with E-state index in [4.69, 9.17) is 11.5 Å². The second kappa shape index (κ2) is 4.23. The van der Waals surface area contributed by atoms with Crippen molar-refractivity contribution in [3.05, 3.63) is 0 Å². The van der Waals surface area contributed by atoms with Gasteiger partial charge in [-0.05, 0) is 13.0 Å². The van der Waals surface area contributed by atoms with Gasteiger partial charge in [0.1, 0.15) is 5.84 Å². The first-order valence-corrected chi connectivity index (χ1v) is 4.41. The number of aliphatic imine (C=N–C) groups is 1. The van der Waals surface area contributed by atoms with E-state index in [-0.39, 0.29) is 11.8 Å². The average molecular weight is 184 g/mol. The molecule has 1 rings (SSSR count). The first-order valence-electron chi connectivity index (χ1n) is 4.41. The number of carbonyl (C=O) groups excluding carboxylic acids is 1. The molecule has 0 saturated heterocycles. The van der Waals surface area contributed by atoms with Gasteiger partial charge in [0.25, 0.3) is 0 Å². The predicted molar refractivity (Wildman–Crippen MR) is 51.3 cm³/mol. The predicted octanol–water partition coefficient (Wildman–Crippen LogP) is -1.22. The molecule has 4 N–H and O–H groups in total. The van der Waals surface area contributed by atoms with E-state index in [1.54, 1.807) is 0 Å². The Balaban J connectivity index is 2.69. The summed E-state index contributed by atoms with van der Waals surface area (Å²) in [4.78, 5) is 17.3. The van der Waals surface area contributed by atoms with E-state index in [9.17, 15) is 4.79 Å². The lowest BCUT2D eigenvalue weighted by Crippen LogP contribution is -2.38. The molecule has 1 unspecified atom stereocenters. The fraction of sp³-hybridized carbons (Fsp3) is 0.750. The monoisotopic (exact) mass is 184 g/mol. The van der Waals surface area contributed by atoms with Crippen molar-refractivity contribution in [3.8, 4) is 0 Å². The van der Waals surface area contributed by atoms with Crippen LogP contribution < -0.4 is 11.5 Å². The summed E-state index contributed by atoms with van der Waals surface area (Å²) >= 11 is 0. The van der Waals surface area contributed by atoms with Crippen LogP contribution in [0.25, 0.3) is 0 Å². The molecular weight excluding hydrogens is 168 g/mol. The number of carbonyl (C=O) groups is 1. The largest absolute Gasteiger partial charge is 0.369 e. The lowest BCUT2D eigenvalue weighted by Gasteiger charge is -2.19. The van der Waals surface area contributed by atoms with E-state index < -0.39 is 0 Å². The van der Waals surface area contributed by atoms with Gasteiger partial charge >= 0.3 is 0 Å². The van der Waals surface area contributed by atoms with Crippen LogP contribution in [0.3, 0.4) is 0 Å². The van der Waals surface area contributed by atoms with Crippen LogP contribution in [-0.2, 0) is 4.79 Å². The topological polar surface area (TPSA) is 84.7 Å². The fourth-order valence-corrected chi connectivity index (χ4v) is 1.49. The Labute approximate surface area is 77.8 Å². The number of hydrogen-bond acceptors (Lipinski definition) is 4. The third-order valence-corrected chi connectivity index (χ3v) is 2.21. The van der Waals surface area contributed by atoms with Crippen molar-refractivity contribution in [1.29, 1.82) is 0 Å². The number of hydrogen-bond donors (Lipinski definition) is 2. The fourth-order valence-electron chi connectivity index (χ4n) is 1.49. The highest BCUT2D eigenvalue weighted by atomic mass is 16.1. The molecule has 1 atom stereocenters. The van der Waals surface area contributed by atoms with E-state index >= 15 is 0 Å². The molecular formula is C8H16N4O. The maximum atomic E-state index is 11.1. The van der Waals surface area contributed by atoms with Crippen molar-refractivity contribution in [2.24, 2.45) is 22.4 Å². The van der Waals surface area contributed by atoms with E-state index in [1.807, 2.05) is 11.9 Å². The first-order chi connectivity index (χ1) is 6.16. The van der Waals surface area contributed by atoms with Crippen molar-refractivity contribution in [3.63, 3.8) is 0 Å². The van der Waals surface area contributed by atoms with Gasteiger partial charge in [0.15, 0.2) is 0 Å². The van der Waals surface area contributed by atoms with Crippen LogP contribution in [0.1, 0.15) is 6.42 Å². The third-order valence-electron chi connectivity index (χ3n) is 2.21. The minimum atomic E-state index is -0.335. The van der Waals surface area contributed by atoms with E-state index in [2.05, 4.69) is 4.99 Å². The molecule has 0 saturated carbocycles. The summed E-state index contributed by atoms with van der Waals surface area (Å²) in [5.41, 5.74) is 10.7. The number of amidine groups is 1. The quantitative estimate of drug-likeness (QED) is 0.574. The van der Waals surface area contributed by atoms with Crippen LogP contribution >= 0.6 is 0 Å². The highest BCUT2D eigenvalue weighted by Gasteiger charge is 2.26. The van der Waals surface area contributed by atoms with Crippen LogP contribution in [0.5, 0.6) is 0 Å². The molecule has 1 aliphatic heterocycles. The van der Waals surface area contributed by atoms with Crippen LogP contribution in [0.4, 0.5) is 0 Å². The number of primary amides is 1. The third kappa shape index (κ3) is 2.18. The van der Waals surface area contributed by atoms with Crippen LogP contribution in [0, 0.1) is 5.92 Å². The highest BCUT2D eigenvalue weighted by molar-refractivity contribution is 6.02. The molecule has 0 bridgehead atoms. The molecule has 0 aromatic heterocycles. The van der Waals surface area contributed by atoms with Crippen molar-refractivity contribution in [1.82, 2.24) is 4.90 Å². The SMILES string of the molecule is CN1CCN=C1C(CCN)C(N)=O. The molecule has 74 valence electrons. The normalized spacial score (nSPS) is 18.6. The summed E-state index contributed by atoms with van der Waals surface area (Å²) in [5, 5.41) is 0. The lowest BCUT2D eigenvalue weighted by atomic mass is 10.0. The summed E-state index contributed by atoms with van der Waals surface area (Å²) in [6, 6.07) is 0. The Hall–Kier alpha value is -1.10. The number of rotatable bonds is 4. The summed E-state index contributed by atoms with van der Waals surface area (Å²) in [7, 11) is 1.91. The maximum Gasteiger partial charge on any atom is 0.228 e. The van der Waals surface area contributed by atoms with Crippen molar-refractivity contribution < 1.29 is 4.79 Å². The van der Waals surface area contributed by atoms with Crippen molar-refractivity contribution >= 4 is 11.7 Å². The Morgan fingerprint density at radius 2 is 2.46 bits per heavy atom. The molecule has 5 heteroatoms. The molecule has 1 amide bonds. The van der Waals surface area contributed by atoms with E-state index in [0.717, 1.165) is 18.9 Å². The molecule has 0 aliphatic carbocycles.